The van der Waals surface area contributed by atoms with Crippen molar-refractivity contribution in [3.63, 3.8) is 0 Å². The second kappa shape index (κ2) is 10.4. The van der Waals surface area contributed by atoms with E-state index in [1.807, 2.05) is 55.7 Å². The number of hydrogen-bond acceptors (Lipinski definition) is 5. The van der Waals surface area contributed by atoms with Crippen LogP contribution in [0.4, 0.5) is 11.4 Å². The zero-order valence-electron chi connectivity index (χ0n) is 16.3. The summed E-state index contributed by atoms with van der Waals surface area (Å²) in [6.45, 7) is 0. The van der Waals surface area contributed by atoms with Crippen molar-refractivity contribution in [1.29, 1.82) is 0 Å². The molecule has 0 aliphatic heterocycles. The molecule has 4 rings (SSSR count). The third-order valence-electron chi connectivity index (χ3n) is 4.38. The van der Waals surface area contributed by atoms with Gasteiger partial charge in [0.2, 0.25) is 0 Å². The number of benzene rings is 3. The van der Waals surface area contributed by atoms with E-state index < -0.39 is 0 Å². The van der Waals surface area contributed by atoms with Crippen LogP contribution in [0, 0.1) is 0 Å². The van der Waals surface area contributed by atoms with Gasteiger partial charge in [0.25, 0.3) is 0 Å². The lowest BCUT2D eigenvalue weighted by atomic mass is 10.0. The van der Waals surface area contributed by atoms with Crippen LogP contribution in [0.1, 0.15) is 10.4 Å². The summed E-state index contributed by atoms with van der Waals surface area (Å²) in [5, 5.41) is 4.26. The molecule has 4 aromatic rings. The molecule has 0 fully saturated rings. The van der Waals surface area contributed by atoms with E-state index in [1.54, 1.807) is 13.2 Å². The molecule has 29 heavy (non-hydrogen) atoms. The Balaban J connectivity index is 0.000000186. The molecule has 0 aliphatic rings. The number of hydrogen-bond donors (Lipinski definition) is 3. The van der Waals surface area contributed by atoms with Gasteiger partial charge in [-0.2, -0.15) is 0 Å². The van der Waals surface area contributed by atoms with Gasteiger partial charge < -0.3 is 19.2 Å². The van der Waals surface area contributed by atoms with Crippen LogP contribution in [-0.2, 0) is 4.18 Å². The van der Waals surface area contributed by atoms with Gasteiger partial charge in [-0.15, -0.1) is 0 Å². The second-order valence-corrected chi connectivity index (χ2v) is 6.84. The number of para-hydroxylation sites is 1. The highest BCUT2D eigenvalue weighted by Crippen LogP contribution is 2.30. The second-order valence-electron chi connectivity index (χ2n) is 6.14. The number of aldehydes is 1. The van der Waals surface area contributed by atoms with Gasteiger partial charge in [0.15, 0.2) is 6.29 Å². The van der Waals surface area contributed by atoms with Crippen molar-refractivity contribution >= 4 is 40.8 Å². The molecular weight excluding hydrogens is 382 g/mol. The molecule has 0 atom stereocenters. The fourth-order valence-electron chi connectivity index (χ4n) is 2.94. The summed E-state index contributed by atoms with van der Waals surface area (Å²) in [5.41, 5.74) is 6.08. The van der Waals surface area contributed by atoms with Gasteiger partial charge in [-0.1, -0.05) is 48.5 Å². The minimum absolute atomic E-state index is 0.715. The Morgan fingerprint density at radius 1 is 0.931 bits per heavy atom. The lowest BCUT2D eigenvalue weighted by molar-refractivity contribution is 0.112. The Labute approximate surface area is 174 Å². The molecule has 0 aliphatic carbocycles. The number of nitrogens with one attached hydrogen (secondary N) is 3. The average Bonchev–Trinajstić information content (AvgIpc) is 3.27. The molecule has 1 aromatic heterocycles. The summed E-state index contributed by atoms with van der Waals surface area (Å²) in [6.07, 6.45) is 2.69. The topological polar surface area (TPSA) is 66.2 Å². The molecule has 3 N–H and O–H groups in total. The lowest BCUT2D eigenvalue weighted by Gasteiger charge is -2.12. The molecule has 148 valence electrons. The third kappa shape index (κ3) is 5.19. The normalized spacial score (nSPS) is 10.1. The van der Waals surface area contributed by atoms with Crippen LogP contribution < -0.4 is 10.0 Å². The van der Waals surface area contributed by atoms with Gasteiger partial charge >= 0.3 is 0 Å². The molecule has 0 spiro atoms. The van der Waals surface area contributed by atoms with E-state index in [-0.39, 0.29) is 0 Å². The number of carbonyl (C=O) groups excluding carboxylic acids is 1. The zero-order valence-corrected chi connectivity index (χ0v) is 17.1. The summed E-state index contributed by atoms with van der Waals surface area (Å²) in [6, 6.07) is 24.2. The van der Waals surface area contributed by atoms with Crippen molar-refractivity contribution in [3.05, 3.63) is 84.6 Å². The van der Waals surface area contributed by atoms with E-state index in [0.717, 1.165) is 28.6 Å². The van der Waals surface area contributed by atoms with Crippen molar-refractivity contribution in [2.45, 2.75) is 0 Å². The lowest BCUT2D eigenvalue weighted by Crippen LogP contribution is -1.96. The predicted octanol–water partition coefficient (Wildman–Crippen LogP) is 6.00. The van der Waals surface area contributed by atoms with Crippen LogP contribution in [-0.4, -0.2) is 25.4 Å². The Kier molecular flexibility index (Phi) is 7.33. The fraction of sp³-hybridized carbons (Fsp3) is 0.0870. The molecule has 0 saturated carbocycles. The van der Waals surface area contributed by atoms with Gasteiger partial charge in [0.05, 0.1) is 24.0 Å². The summed E-state index contributed by atoms with van der Waals surface area (Å²) in [5.74, 6) is 0. The number of H-pyrrole nitrogens is 1. The maximum absolute atomic E-state index is 10.5. The van der Waals surface area contributed by atoms with Crippen molar-refractivity contribution in [3.8, 4) is 11.1 Å². The molecule has 5 nitrogen and oxygen atoms in total. The molecule has 0 unspecified atom stereocenters. The predicted molar refractivity (Wildman–Crippen MR) is 123 cm³/mol. The van der Waals surface area contributed by atoms with E-state index in [4.69, 9.17) is 4.18 Å². The Bertz CT molecular complexity index is 1060. The van der Waals surface area contributed by atoms with Crippen LogP contribution >= 0.6 is 12.2 Å². The van der Waals surface area contributed by atoms with Gasteiger partial charge in [-0.25, -0.2) is 0 Å². The van der Waals surface area contributed by atoms with Gasteiger partial charge in [0.1, 0.15) is 12.2 Å². The van der Waals surface area contributed by atoms with Gasteiger partial charge in [-0.05, 0) is 35.4 Å². The summed E-state index contributed by atoms with van der Waals surface area (Å²) in [4.78, 5) is 13.5. The van der Waals surface area contributed by atoms with Crippen LogP contribution in [0.5, 0.6) is 0 Å². The van der Waals surface area contributed by atoms with Crippen LogP contribution in [0.25, 0.3) is 22.0 Å². The summed E-state index contributed by atoms with van der Waals surface area (Å²) in [7, 11) is 3.54. The molecule has 0 saturated heterocycles. The van der Waals surface area contributed by atoms with E-state index >= 15 is 0 Å². The largest absolute Gasteiger partial charge is 0.386 e. The smallest absolute Gasteiger partial charge is 0.152 e. The fourth-order valence-corrected chi connectivity index (χ4v) is 3.30. The molecule has 1 heterocycles. The summed E-state index contributed by atoms with van der Waals surface area (Å²) < 4.78 is 8.06. The van der Waals surface area contributed by atoms with E-state index in [2.05, 4.69) is 39.3 Å². The molecule has 0 radical (unpaired) electrons. The number of anilines is 2. The number of aromatic amines is 1. The first-order valence-corrected chi connectivity index (χ1v) is 9.85. The number of fused-ring (bicyclic) bond motifs is 1. The molecule has 3 aromatic carbocycles. The van der Waals surface area contributed by atoms with Crippen molar-refractivity contribution in [2.24, 2.45) is 0 Å². The maximum atomic E-state index is 10.5. The maximum Gasteiger partial charge on any atom is 0.152 e. The van der Waals surface area contributed by atoms with Crippen LogP contribution in [0.15, 0.2) is 79.0 Å². The third-order valence-corrected chi connectivity index (χ3v) is 4.85. The van der Waals surface area contributed by atoms with E-state index in [9.17, 15) is 4.79 Å². The highest BCUT2D eigenvalue weighted by Gasteiger charge is 2.04. The highest BCUT2D eigenvalue weighted by molar-refractivity contribution is 7.96. The monoisotopic (exact) mass is 405 g/mol. The summed E-state index contributed by atoms with van der Waals surface area (Å²) >= 11 is 1.20. The van der Waals surface area contributed by atoms with Crippen LogP contribution in [0.3, 0.4) is 0 Å². The highest BCUT2D eigenvalue weighted by atomic mass is 32.2. The quantitative estimate of drug-likeness (QED) is 0.209. The average molecular weight is 406 g/mol. The first-order valence-electron chi connectivity index (χ1n) is 9.11. The van der Waals surface area contributed by atoms with Crippen molar-refractivity contribution in [2.75, 3.05) is 24.2 Å². The van der Waals surface area contributed by atoms with Crippen LogP contribution in [0.2, 0.25) is 0 Å². The Morgan fingerprint density at radius 2 is 1.76 bits per heavy atom. The first-order chi connectivity index (χ1) is 14.3. The first kappa shape index (κ1) is 20.5. The number of aromatic nitrogens is 1. The molecule has 0 bridgehead atoms. The molecule has 0 amide bonds. The van der Waals surface area contributed by atoms with E-state index in [0.29, 0.717) is 5.56 Å². The molecule has 6 heteroatoms. The Morgan fingerprint density at radius 3 is 2.48 bits per heavy atom. The zero-order chi connectivity index (χ0) is 20.5. The minimum Gasteiger partial charge on any atom is -0.386 e. The SMILES string of the molecule is CNc1cc(-c2ccccc2)ccc1NSOC.O=Cc1cccc2cc[nH]c12. The van der Waals surface area contributed by atoms with E-state index in [1.165, 1.54) is 23.4 Å². The number of carbonyl (C=O) groups is 1. The Hall–Kier alpha value is -3.22. The van der Waals surface area contributed by atoms with Gasteiger partial charge in [0, 0.05) is 24.2 Å². The molecular formula is C23H23N3O2S. The van der Waals surface area contributed by atoms with Crippen molar-refractivity contribution in [1.82, 2.24) is 4.98 Å². The minimum atomic E-state index is 0.715. The number of rotatable bonds is 6. The van der Waals surface area contributed by atoms with Crippen molar-refractivity contribution < 1.29 is 8.98 Å². The van der Waals surface area contributed by atoms with Gasteiger partial charge in [-0.3, -0.25) is 4.79 Å². The standard InChI is InChI=1S/C14H16N2OS.C9H7NO/c1-15-14-10-12(11-6-4-3-5-7-11)8-9-13(14)16-18-17-2;11-6-8-3-1-2-7-4-5-10-9(7)8/h3-10,15-16H,1-2H3;1-6,10H.